The van der Waals surface area contributed by atoms with Crippen LogP contribution in [0.4, 0.5) is 0 Å². The Morgan fingerprint density at radius 3 is 2.26 bits per heavy atom. The van der Waals surface area contributed by atoms with E-state index in [1.807, 2.05) is 86.6 Å². The van der Waals surface area contributed by atoms with E-state index in [0.29, 0.717) is 64.7 Å². The summed E-state index contributed by atoms with van der Waals surface area (Å²) in [5.41, 5.74) is 8.42. The van der Waals surface area contributed by atoms with Gasteiger partial charge in [-0.2, -0.15) is 0 Å². The molecule has 0 aliphatic carbocycles. The predicted molar refractivity (Wildman–Crippen MR) is 205 cm³/mol. The molecular formula is C41H56N4O9. The van der Waals surface area contributed by atoms with Crippen LogP contribution in [0.15, 0.2) is 72.8 Å². The van der Waals surface area contributed by atoms with Crippen molar-refractivity contribution < 1.29 is 42.8 Å². The number of carbonyl (C=O) groups excluding carboxylic acids is 3. The van der Waals surface area contributed by atoms with Crippen LogP contribution in [0.1, 0.15) is 49.8 Å². The van der Waals surface area contributed by atoms with Gasteiger partial charge in [0.1, 0.15) is 36.0 Å². The fraction of sp³-hybridized carbons (Fsp3) is 0.488. The molecule has 54 heavy (non-hydrogen) atoms. The smallest absolute Gasteiger partial charge is 0.329 e. The minimum Gasteiger partial charge on any atom is -0.496 e. The minimum absolute atomic E-state index is 0.0780. The van der Waals surface area contributed by atoms with Crippen molar-refractivity contribution >= 4 is 17.8 Å². The maximum Gasteiger partial charge on any atom is 0.329 e. The lowest BCUT2D eigenvalue weighted by atomic mass is 9.85. The summed E-state index contributed by atoms with van der Waals surface area (Å²) in [7, 11) is 1.65. The topological polar surface area (TPSA) is 169 Å². The fourth-order valence-electron chi connectivity index (χ4n) is 6.24. The predicted octanol–water partition coefficient (Wildman–Crippen LogP) is 3.52. The maximum atomic E-state index is 13.5. The van der Waals surface area contributed by atoms with E-state index < -0.39 is 24.0 Å². The van der Waals surface area contributed by atoms with Crippen LogP contribution in [0.3, 0.4) is 0 Å². The van der Waals surface area contributed by atoms with Crippen LogP contribution in [0.25, 0.3) is 0 Å². The van der Waals surface area contributed by atoms with Gasteiger partial charge >= 0.3 is 5.97 Å². The van der Waals surface area contributed by atoms with E-state index in [0.717, 1.165) is 28.2 Å². The molecule has 0 unspecified atom stereocenters. The van der Waals surface area contributed by atoms with Crippen molar-refractivity contribution in [2.75, 3.05) is 59.7 Å². The van der Waals surface area contributed by atoms with Crippen molar-refractivity contribution in [1.29, 1.82) is 0 Å². The zero-order valence-corrected chi connectivity index (χ0v) is 31.8. The first-order valence-electron chi connectivity index (χ1n) is 18.6. The number of nitrogens with two attached hydrogens (primary N) is 1. The second-order valence-corrected chi connectivity index (χ2v) is 13.4. The highest BCUT2D eigenvalue weighted by Gasteiger charge is 2.39. The number of nitrogens with one attached hydrogen (secondary N) is 3. The lowest BCUT2D eigenvalue weighted by molar-refractivity contribution is -0.159. The molecule has 4 atom stereocenters. The van der Waals surface area contributed by atoms with Gasteiger partial charge in [-0.05, 0) is 47.7 Å². The van der Waals surface area contributed by atoms with E-state index in [1.54, 1.807) is 7.11 Å². The largest absolute Gasteiger partial charge is 0.496 e. The number of para-hydroxylation sites is 2. The summed E-state index contributed by atoms with van der Waals surface area (Å²) in [5, 5.41) is 8.87. The number of rotatable bonds is 22. The van der Waals surface area contributed by atoms with Gasteiger partial charge in [-0.15, -0.1) is 0 Å². The zero-order chi connectivity index (χ0) is 38.7. The van der Waals surface area contributed by atoms with E-state index in [4.69, 9.17) is 34.2 Å². The van der Waals surface area contributed by atoms with Crippen LogP contribution in [0, 0.1) is 5.92 Å². The molecule has 1 fully saturated rings. The molecule has 1 aliphatic rings. The van der Waals surface area contributed by atoms with Crippen LogP contribution in [0.5, 0.6) is 17.2 Å². The monoisotopic (exact) mass is 748 g/mol. The number of hydrogen-bond acceptors (Lipinski definition) is 11. The Labute approximate surface area is 318 Å². The number of methoxy groups -OCH3 is 1. The number of carbonyl (C=O) groups is 3. The quantitative estimate of drug-likeness (QED) is 0.0877. The molecule has 1 heterocycles. The van der Waals surface area contributed by atoms with Crippen molar-refractivity contribution in [2.24, 2.45) is 11.7 Å². The first kappa shape index (κ1) is 42.1. The molecule has 5 N–H and O–H groups in total. The summed E-state index contributed by atoms with van der Waals surface area (Å²) in [4.78, 5) is 36.9. The molecule has 3 aromatic carbocycles. The third-order valence-electron chi connectivity index (χ3n) is 9.01. The van der Waals surface area contributed by atoms with Gasteiger partial charge in [-0.25, -0.2) is 4.79 Å². The standard InChI is InChI=1S/C41H56N4O9/c1-28(2)40(45-38(47)24-42)41(48)54-37-26-43-25-36(53-23-22-52-35-13-8-5-10-30(35)18-19-44-29(3)46)39(37)31-14-16-33(17-15-31)51-21-9-20-50-27-32-11-6-7-12-34(32)49-4/h5-8,10-17,28,36-37,39-40,43H,9,18-27,42H2,1-4H3,(H,44,46)(H,45,47)/t36-,37+,39+,40-/m0/s1. The van der Waals surface area contributed by atoms with E-state index in [1.165, 1.54) is 6.92 Å². The Morgan fingerprint density at radius 2 is 1.56 bits per heavy atom. The Balaban J connectivity index is 1.39. The third-order valence-corrected chi connectivity index (χ3v) is 9.01. The summed E-state index contributed by atoms with van der Waals surface area (Å²) in [6.45, 7) is 8.43. The lowest BCUT2D eigenvalue weighted by Crippen LogP contribution is -2.54. The number of hydrogen-bond donors (Lipinski definition) is 4. The molecular weight excluding hydrogens is 692 g/mol. The van der Waals surface area contributed by atoms with E-state index in [9.17, 15) is 14.4 Å². The van der Waals surface area contributed by atoms with Gasteiger partial charge < -0.3 is 50.1 Å². The molecule has 4 rings (SSSR count). The van der Waals surface area contributed by atoms with Crippen molar-refractivity contribution in [1.82, 2.24) is 16.0 Å². The average molecular weight is 749 g/mol. The average Bonchev–Trinajstić information content (AvgIpc) is 3.17. The molecule has 1 aliphatic heterocycles. The normalized spacial score (nSPS) is 17.3. The van der Waals surface area contributed by atoms with Gasteiger partial charge in [-0.3, -0.25) is 9.59 Å². The second kappa shape index (κ2) is 22.5. The highest BCUT2D eigenvalue weighted by molar-refractivity contribution is 5.85. The molecule has 0 spiro atoms. The summed E-state index contributed by atoms with van der Waals surface area (Å²) in [6, 6.07) is 22.4. The molecule has 3 aromatic rings. The van der Waals surface area contributed by atoms with Crippen LogP contribution in [-0.4, -0.2) is 95.7 Å². The first-order chi connectivity index (χ1) is 26.2. The molecule has 13 nitrogen and oxygen atoms in total. The number of ether oxygens (including phenoxy) is 6. The van der Waals surface area contributed by atoms with Gasteiger partial charge in [-0.1, -0.05) is 62.4 Å². The zero-order valence-electron chi connectivity index (χ0n) is 31.8. The first-order valence-corrected chi connectivity index (χ1v) is 18.6. The van der Waals surface area contributed by atoms with Crippen LogP contribution in [0.2, 0.25) is 0 Å². The lowest BCUT2D eigenvalue weighted by Gasteiger charge is -2.39. The molecule has 13 heteroatoms. The van der Waals surface area contributed by atoms with Crippen LogP contribution < -0.4 is 35.9 Å². The van der Waals surface area contributed by atoms with Gasteiger partial charge in [0.2, 0.25) is 11.8 Å². The number of amides is 2. The van der Waals surface area contributed by atoms with Crippen LogP contribution in [-0.2, 0) is 41.6 Å². The fourth-order valence-corrected chi connectivity index (χ4v) is 6.24. The Hall–Kier alpha value is -4.69. The van der Waals surface area contributed by atoms with E-state index in [2.05, 4.69) is 16.0 Å². The Bertz CT molecular complexity index is 1600. The van der Waals surface area contributed by atoms with Crippen molar-refractivity contribution in [3.63, 3.8) is 0 Å². The van der Waals surface area contributed by atoms with Gasteiger partial charge in [0, 0.05) is 44.5 Å². The summed E-state index contributed by atoms with van der Waals surface area (Å²) < 4.78 is 35.9. The van der Waals surface area contributed by atoms with Gasteiger partial charge in [0.05, 0.1) is 46.2 Å². The SMILES string of the molecule is COc1ccccc1COCCCOc1ccc([C@@H]2[C@@H](OCCOc3ccccc3CCNC(C)=O)CNC[C@H]2OC(=O)[C@@H](NC(=O)CN)C(C)C)cc1. The number of esters is 1. The highest BCUT2D eigenvalue weighted by Crippen LogP contribution is 2.32. The summed E-state index contributed by atoms with van der Waals surface area (Å²) in [6.07, 6.45) is 0.394. The summed E-state index contributed by atoms with van der Waals surface area (Å²) in [5.74, 6) is 0.665. The molecule has 0 saturated carbocycles. The summed E-state index contributed by atoms with van der Waals surface area (Å²) >= 11 is 0. The van der Waals surface area contributed by atoms with E-state index >= 15 is 0 Å². The molecule has 0 aromatic heterocycles. The van der Waals surface area contributed by atoms with Gasteiger partial charge in [0.15, 0.2) is 0 Å². The Morgan fingerprint density at radius 1 is 0.852 bits per heavy atom. The molecule has 0 bridgehead atoms. The highest BCUT2D eigenvalue weighted by atomic mass is 16.6. The second-order valence-electron chi connectivity index (χ2n) is 13.4. The maximum absolute atomic E-state index is 13.5. The van der Waals surface area contributed by atoms with Crippen molar-refractivity contribution in [3.05, 3.63) is 89.5 Å². The number of piperidine rings is 1. The molecule has 1 saturated heterocycles. The van der Waals surface area contributed by atoms with Crippen LogP contribution >= 0.6 is 0 Å². The van der Waals surface area contributed by atoms with E-state index in [-0.39, 0.29) is 37.0 Å². The minimum atomic E-state index is -0.850. The molecule has 2 amide bonds. The van der Waals surface area contributed by atoms with Crippen molar-refractivity contribution in [3.8, 4) is 17.2 Å². The Kier molecular flexibility index (Phi) is 17.5. The number of benzene rings is 3. The molecule has 0 radical (unpaired) electrons. The van der Waals surface area contributed by atoms with Gasteiger partial charge in [0.25, 0.3) is 0 Å². The third kappa shape index (κ3) is 13.3. The van der Waals surface area contributed by atoms with Crippen molar-refractivity contribution in [2.45, 2.75) is 64.4 Å². The molecule has 294 valence electrons.